The van der Waals surface area contributed by atoms with E-state index in [4.69, 9.17) is 5.73 Å². The number of nitro groups is 1. The Kier molecular flexibility index (Phi) is 5.58. The van der Waals surface area contributed by atoms with Gasteiger partial charge in [0, 0.05) is 29.6 Å². The number of nitrogens with zero attached hydrogens (tertiary/aromatic N) is 3. The Bertz CT molecular complexity index is 773. The van der Waals surface area contributed by atoms with Crippen LogP contribution >= 0.6 is 12.4 Å². The topological polar surface area (TPSA) is 139 Å². The monoisotopic (exact) mass is 324 g/mol. The first-order valence-corrected chi connectivity index (χ1v) is 5.87. The lowest BCUT2D eigenvalue weighted by Gasteiger charge is -2.05. The largest absolute Gasteiger partial charge is 0.369 e. The highest BCUT2D eigenvalue weighted by Gasteiger charge is 2.06. The molecule has 0 amide bonds. The van der Waals surface area contributed by atoms with Gasteiger partial charge in [0.25, 0.3) is 11.2 Å². The van der Waals surface area contributed by atoms with E-state index in [-0.39, 0.29) is 35.6 Å². The van der Waals surface area contributed by atoms with Crippen molar-refractivity contribution in [3.05, 3.63) is 56.5 Å². The second kappa shape index (κ2) is 7.18. The van der Waals surface area contributed by atoms with Gasteiger partial charge in [0.1, 0.15) is 0 Å². The molecule has 0 radical (unpaired) electrons. The number of aryl methyl sites for hydroxylation is 1. The number of aromatic amines is 1. The minimum Gasteiger partial charge on any atom is -0.369 e. The van der Waals surface area contributed by atoms with Gasteiger partial charge >= 0.3 is 0 Å². The number of nitrogens with two attached hydrogens (primary N) is 1. The first-order chi connectivity index (χ1) is 9.94. The standard InChI is InChI=1S/C12H12N6O3.ClH/c1-7-5-10(19)16-12(14-7)17-11(13)15-8-3-2-4-9(6-8)18(20)21;/h2-6H,1H3,(H4,13,14,15,16,17,19);1H. The molecule has 2 aromatic rings. The second-order valence-corrected chi connectivity index (χ2v) is 4.14. The molecule has 2 rings (SSSR count). The van der Waals surface area contributed by atoms with E-state index >= 15 is 0 Å². The minimum absolute atomic E-state index is 0. The molecule has 0 fully saturated rings. The number of halogens is 1. The van der Waals surface area contributed by atoms with Crippen LogP contribution in [0.1, 0.15) is 5.69 Å². The second-order valence-electron chi connectivity index (χ2n) is 4.14. The molecule has 1 aromatic heterocycles. The van der Waals surface area contributed by atoms with Crippen molar-refractivity contribution < 1.29 is 4.92 Å². The van der Waals surface area contributed by atoms with Crippen LogP contribution in [0.3, 0.4) is 0 Å². The summed E-state index contributed by atoms with van der Waals surface area (Å²) in [5, 5.41) is 13.4. The maximum atomic E-state index is 11.3. The number of hydrogen-bond donors (Lipinski definition) is 3. The number of guanidine groups is 1. The Hall–Kier alpha value is -2.94. The van der Waals surface area contributed by atoms with E-state index in [1.54, 1.807) is 13.0 Å². The van der Waals surface area contributed by atoms with Crippen LogP contribution in [0.5, 0.6) is 0 Å². The van der Waals surface area contributed by atoms with Crippen LogP contribution in [0, 0.1) is 17.0 Å². The lowest BCUT2D eigenvalue weighted by atomic mass is 10.3. The summed E-state index contributed by atoms with van der Waals surface area (Å²) in [5.74, 6) is -0.000297. The van der Waals surface area contributed by atoms with Gasteiger partial charge in [0.05, 0.1) is 4.92 Å². The number of hydrogen-bond acceptors (Lipinski definition) is 5. The fraction of sp³-hybridized carbons (Fsp3) is 0.0833. The number of non-ortho nitro benzene ring substituents is 1. The molecular formula is C12H13ClN6O3. The van der Waals surface area contributed by atoms with Gasteiger partial charge in [-0.25, -0.2) is 4.98 Å². The Morgan fingerprint density at radius 2 is 2.18 bits per heavy atom. The third kappa shape index (κ3) is 4.56. The van der Waals surface area contributed by atoms with Gasteiger partial charge < -0.3 is 11.1 Å². The van der Waals surface area contributed by atoms with Crippen molar-refractivity contribution >= 4 is 35.7 Å². The molecule has 4 N–H and O–H groups in total. The summed E-state index contributed by atoms with van der Waals surface area (Å²) in [6, 6.07) is 7.11. The van der Waals surface area contributed by atoms with Crippen molar-refractivity contribution in [2.24, 2.45) is 10.7 Å². The van der Waals surface area contributed by atoms with E-state index in [1.807, 2.05) is 0 Å². The lowest BCUT2D eigenvalue weighted by molar-refractivity contribution is -0.384. The minimum atomic E-state index is -0.516. The summed E-state index contributed by atoms with van der Waals surface area (Å²) in [7, 11) is 0. The van der Waals surface area contributed by atoms with Gasteiger partial charge in [-0.1, -0.05) is 6.07 Å². The maximum absolute atomic E-state index is 11.3. The molecule has 0 atom stereocenters. The predicted molar refractivity (Wildman–Crippen MR) is 84.8 cm³/mol. The highest BCUT2D eigenvalue weighted by Crippen LogP contribution is 2.16. The average Bonchev–Trinajstić information content (AvgIpc) is 2.37. The van der Waals surface area contributed by atoms with Crippen LogP contribution in [-0.4, -0.2) is 20.9 Å². The van der Waals surface area contributed by atoms with E-state index in [1.165, 1.54) is 24.3 Å². The molecular weight excluding hydrogens is 312 g/mol. The molecule has 0 aliphatic rings. The number of aromatic nitrogens is 2. The number of H-pyrrole nitrogens is 1. The van der Waals surface area contributed by atoms with E-state index in [0.717, 1.165) is 0 Å². The van der Waals surface area contributed by atoms with Gasteiger partial charge in [-0.05, 0) is 13.0 Å². The number of benzene rings is 1. The lowest BCUT2D eigenvalue weighted by Crippen LogP contribution is -2.22. The van der Waals surface area contributed by atoms with Gasteiger partial charge in [0.15, 0.2) is 0 Å². The summed E-state index contributed by atoms with van der Waals surface area (Å²) < 4.78 is 0. The summed E-state index contributed by atoms with van der Waals surface area (Å²) in [4.78, 5) is 31.7. The molecule has 0 saturated carbocycles. The first-order valence-electron chi connectivity index (χ1n) is 5.87. The molecule has 0 spiro atoms. The van der Waals surface area contributed by atoms with E-state index in [0.29, 0.717) is 11.4 Å². The van der Waals surface area contributed by atoms with Crippen molar-refractivity contribution in [3.63, 3.8) is 0 Å². The van der Waals surface area contributed by atoms with Gasteiger partial charge in [0.2, 0.25) is 11.9 Å². The molecule has 116 valence electrons. The van der Waals surface area contributed by atoms with E-state index in [2.05, 4.69) is 20.3 Å². The van der Waals surface area contributed by atoms with Crippen molar-refractivity contribution in [3.8, 4) is 0 Å². The number of anilines is 1. The van der Waals surface area contributed by atoms with Gasteiger partial charge in [-0.2, -0.15) is 4.99 Å². The summed E-state index contributed by atoms with van der Waals surface area (Å²) in [6.45, 7) is 1.65. The van der Waals surface area contributed by atoms with Crippen LogP contribution in [-0.2, 0) is 0 Å². The summed E-state index contributed by atoms with van der Waals surface area (Å²) >= 11 is 0. The van der Waals surface area contributed by atoms with E-state index < -0.39 is 4.92 Å². The Morgan fingerprint density at radius 1 is 1.45 bits per heavy atom. The zero-order chi connectivity index (χ0) is 15.4. The highest BCUT2D eigenvalue weighted by molar-refractivity contribution is 5.93. The molecule has 10 heteroatoms. The fourth-order valence-electron chi connectivity index (χ4n) is 1.60. The normalized spacial score (nSPS) is 10.7. The molecule has 0 saturated heterocycles. The van der Waals surface area contributed by atoms with Crippen molar-refractivity contribution in [1.29, 1.82) is 0 Å². The van der Waals surface area contributed by atoms with Crippen LogP contribution in [0.25, 0.3) is 0 Å². The zero-order valence-electron chi connectivity index (χ0n) is 11.4. The highest BCUT2D eigenvalue weighted by atomic mass is 35.5. The quantitative estimate of drug-likeness (QED) is 0.338. The SMILES string of the molecule is Cc1cc(=O)[nH]c(/N=C(\N)Nc2cccc([N+](=O)[O-])c2)n1.Cl. The van der Waals surface area contributed by atoms with Crippen molar-refractivity contribution in [2.45, 2.75) is 6.92 Å². The summed E-state index contributed by atoms with van der Waals surface area (Å²) in [6.07, 6.45) is 0. The van der Waals surface area contributed by atoms with Crippen LogP contribution in [0.15, 0.2) is 40.1 Å². The van der Waals surface area contributed by atoms with Crippen molar-refractivity contribution in [2.75, 3.05) is 5.32 Å². The zero-order valence-corrected chi connectivity index (χ0v) is 12.3. The van der Waals surface area contributed by atoms with Crippen LogP contribution in [0.2, 0.25) is 0 Å². The Labute approximate surface area is 130 Å². The third-order valence-corrected chi connectivity index (χ3v) is 2.41. The number of nitro benzene ring substituents is 1. The molecule has 0 aliphatic carbocycles. The summed E-state index contributed by atoms with van der Waals surface area (Å²) in [5.41, 5.74) is 6.16. The van der Waals surface area contributed by atoms with E-state index in [9.17, 15) is 14.9 Å². The van der Waals surface area contributed by atoms with Crippen LogP contribution < -0.4 is 16.6 Å². The first kappa shape index (κ1) is 17.1. The van der Waals surface area contributed by atoms with Crippen LogP contribution in [0.4, 0.5) is 17.3 Å². The average molecular weight is 325 g/mol. The third-order valence-electron chi connectivity index (χ3n) is 2.41. The molecule has 0 aliphatic heterocycles. The molecule has 0 bridgehead atoms. The Morgan fingerprint density at radius 3 is 2.82 bits per heavy atom. The molecule has 1 heterocycles. The molecule has 0 unspecified atom stereocenters. The Balaban J connectivity index is 0.00000242. The predicted octanol–water partition coefficient (Wildman–Crippen LogP) is 1.47. The maximum Gasteiger partial charge on any atom is 0.271 e. The van der Waals surface area contributed by atoms with Crippen molar-refractivity contribution in [1.82, 2.24) is 9.97 Å². The fourth-order valence-corrected chi connectivity index (χ4v) is 1.60. The molecule has 1 aromatic carbocycles. The number of aliphatic imine (C=N–C) groups is 1. The molecule has 9 nitrogen and oxygen atoms in total. The smallest absolute Gasteiger partial charge is 0.271 e. The number of rotatable bonds is 3. The van der Waals surface area contributed by atoms with Gasteiger partial charge in [-0.3, -0.25) is 19.9 Å². The van der Waals surface area contributed by atoms with Gasteiger partial charge in [-0.15, -0.1) is 12.4 Å². The molecule has 22 heavy (non-hydrogen) atoms. The number of nitrogens with one attached hydrogen (secondary N) is 2.